The molecule has 32 heavy (non-hydrogen) atoms. The van der Waals surface area contributed by atoms with E-state index in [2.05, 4.69) is 64.7 Å². The normalized spacial score (nSPS) is 22.5. The smallest absolute Gasteiger partial charge is 0.191 e. The number of benzene rings is 1. The van der Waals surface area contributed by atoms with Crippen LogP contribution in [0.25, 0.3) is 0 Å². The first-order valence-corrected chi connectivity index (χ1v) is 15.3. The van der Waals surface area contributed by atoms with E-state index in [4.69, 9.17) is 4.43 Å². The molecule has 1 aromatic carbocycles. The molecule has 5 heteroatoms. The fourth-order valence-corrected chi connectivity index (χ4v) is 5.60. The van der Waals surface area contributed by atoms with Crippen LogP contribution in [0.3, 0.4) is 0 Å². The Morgan fingerprint density at radius 2 is 1.72 bits per heavy atom. The van der Waals surface area contributed by atoms with Crippen LogP contribution in [0.1, 0.15) is 72.8 Å². The van der Waals surface area contributed by atoms with Crippen LogP contribution in [0.4, 0.5) is 0 Å². The average Bonchev–Trinajstić information content (AvgIpc) is 3.09. The summed E-state index contributed by atoms with van der Waals surface area (Å²) in [6.07, 6.45) is 3.31. The molecule has 1 aliphatic heterocycles. The van der Waals surface area contributed by atoms with Gasteiger partial charge in [-0.1, -0.05) is 77.8 Å². The van der Waals surface area contributed by atoms with E-state index in [0.717, 1.165) is 18.4 Å². The Morgan fingerprint density at radius 3 is 2.22 bits per heavy atom. The van der Waals surface area contributed by atoms with E-state index in [-0.39, 0.29) is 34.6 Å². The molecule has 1 aliphatic rings. The van der Waals surface area contributed by atoms with E-state index in [9.17, 15) is 9.59 Å². The first kappa shape index (κ1) is 26.9. The van der Waals surface area contributed by atoms with Gasteiger partial charge < -0.3 is 4.43 Å². The van der Waals surface area contributed by atoms with Crippen LogP contribution in [-0.4, -0.2) is 43.5 Å². The van der Waals surface area contributed by atoms with Crippen LogP contribution in [0, 0.1) is 11.8 Å². The van der Waals surface area contributed by atoms with Gasteiger partial charge in [0.25, 0.3) is 0 Å². The Hall–Kier alpha value is -1.30. The van der Waals surface area contributed by atoms with Crippen LogP contribution < -0.4 is 0 Å². The van der Waals surface area contributed by atoms with Crippen LogP contribution in [0.2, 0.25) is 18.1 Å². The van der Waals surface area contributed by atoms with Gasteiger partial charge in [-0.3, -0.25) is 14.5 Å². The van der Waals surface area contributed by atoms with Gasteiger partial charge in [-0.05, 0) is 43.0 Å². The topological polar surface area (TPSA) is 46.6 Å². The van der Waals surface area contributed by atoms with Crippen LogP contribution >= 0.6 is 0 Å². The van der Waals surface area contributed by atoms with Crippen molar-refractivity contribution in [3.05, 3.63) is 35.9 Å². The Morgan fingerprint density at radius 1 is 1.12 bits per heavy atom. The van der Waals surface area contributed by atoms with Gasteiger partial charge in [0.05, 0.1) is 12.1 Å². The zero-order chi connectivity index (χ0) is 24.1. The Balaban J connectivity index is 2.34. The number of hydrogen-bond acceptors (Lipinski definition) is 4. The Bertz CT molecular complexity index is 752. The summed E-state index contributed by atoms with van der Waals surface area (Å²) in [6.45, 7) is 18.4. The maximum absolute atomic E-state index is 13.7. The number of likely N-dealkylation sites (tertiary alicyclic amines) is 1. The van der Waals surface area contributed by atoms with Gasteiger partial charge in [0.2, 0.25) is 0 Å². The molecule has 0 saturated carbocycles. The van der Waals surface area contributed by atoms with Crippen molar-refractivity contribution in [1.82, 2.24) is 4.90 Å². The molecule has 180 valence electrons. The number of nitrogens with zero attached hydrogens (tertiary/aromatic N) is 1. The minimum atomic E-state index is -1.94. The molecule has 0 bridgehead atoms. The zero-order valence-corrected chi connectivity index (χ0v) is 22.6. The quantitative estimate of drug-likeness (QED) is 0.367. The minimum absolute atomic E-state index is 0.0589. The predicted octanol–water partition coefficient (Wildman–Crippen LogP) is 6.25. The van der Waals surface area contributed by atoms with Crippen LogP contribution in [0.15, 0.2) is 30.3 Å². The van der Waals surface area contributed by atoms with E-state index >= 15 is 0 Å². The molecule has 1 heterocycles. The lowest BCUT2D eigenvalue weighted by Gasteiger charge is -2.38. The second kappa shape index (κ2) is 11.2. The van der Waals surface area contributed by atoms with Gasteiger partial charge in [-0.2, -0.15) is 0 Å². The lowest BCUT2D eigenvalue weighted by atomic mass is 9.89. The third-order valence-corrected chi connectivity index (χ3v) is 12.3. The minimum Gasteiger partial charge on any atom is -0.416 e. The van der Waals surface area contributed by atoms with E-state index in [0.29, 0.717) is 31.9 Å². The largest absolute Gasteiger partial charge is 0.416 e. The molecule has 3 atom stereocenters. The number of Topliss-reactive ketones (excluding diaryl/α,β-unsaturated/α-hetero) is 2. The molecule has 0 N–H and O–H groups in total. The van der Waals surface area contributed by atoms with Crippen molar-refractivity contribution in [1.29, 1.82) is 0 Å². The predicted molar refractivity (Wildman–Crippen MR) is 135 cm³/mol. The van der Waals surface area contributed by atoms with Gasteiger partial charge in [0.15, 0.2) is 14.1 Å². The lowest BCUT2D eigenvalue weighted by molar-refractivity contribution is -0.128. The molecule has 1 fully saturated rings. The van der Waals surface area contributed by atoms with E-state index in [1.54, 1.807) is 6.92 Å². The molecular weight excluding hydrogens is 414 g/mol. The summed E-state index contributed by atoms with van der Waals surface area (Å²) in [5.74, 6) is 0.890. The molecule has 1 saturated heterocycles. The van der Waals surface area contributed by atoms with Crippen molar-refractivity contribution in [2.24, 2.45) is 11.8 Å². The van der Waals surface area contributed by atoms with E-state index < -0.39 is 8.32 Å². The maximum atomic E-state index is 13.7. The molecule has 0 aliphatic carbocycles. The number of carbonyl (C=O) groups is 2. The first-order valence-electron chi connectivity index (χ1n) is 12.4. The van der Waals surface area contributed by atoms with Crippen molar-refractivity contribution in [3.63, 3.8) is 0 Å². The fourth-order valence-electron chi connectivity index (χ4n) is 4.54. The lowest BCUT2D eigenvalue weighted by Crippen LogP contribution is -2.47. The third-order valence-electron chi connectivity index (χ3n) is 7.85. The summed E-state index contributed by atoms with van der Waals surface area (Å²) in [4.78, 5) is 28.5. The Kier molecular flexibility index (Phi) is 9.44. The maximum Gasteiger partial charge on any atom is 0.191 e. The number of ketones is 2. The highest BCUT2D eigenvalue weighted by Gasteiger charge is 2.48. The summed E-state index contributed by atoms with van der Waals surface area (Å²) in [5, 5.41) is 0.115. The molecular formula is C27H45NO3Si. The standard InChI is InChI=1S/C27H45NO3Si/c1-9-21(10-2)16-25(30)26-23(19-31-32(7,8)27(4,5)6)17-24(20(3)29)28(26)18-22-14-12-11-13-15-22/h11-15,21,23-24,26H,9-10,16-19H2,1-8H3/t23-,24+,26+/m0/s1. The molecule has 0 radical (unpaired) electrons. The fraction of sp³-hybridized carbons (Fsp3) is 0.704. The second-order valence-corrected chi connectivity index (χ2v) is 16.0. The molecule has 2 rings (SSSR count). The highest BCUT2D eigenvalue weighted by Crippen LogP contribution is 2.39. The summed E-state index contributed by atoms with van der Waals surface area (Å²) < 4.78 is 6.59. The van der Waals surface area contributed by atoms with Crippen molar-refractivity contribution in [3.8, 4) is 0 Å². The number of rotatable bonds is 11. The van der Waals surface area contributed by atoms with E-state index in [1.807, 2.05) is 18.2 Å². The van der Waals surface area contributed by atoms with Gasteiger partial charge in [-0.15, -0.1) is 0 Å². The second-order valence-electron chi connectivity index (χ2n) is 11.1. The summed E-state index contributed by atoms with van der Waals surface area (Å²) in [5.41, 5.74) is 1.14. The van der Waals surface area contributed by atoms with E-state index in [1.165, 1.54) is 0 Å². The van der Waals surface area contributed by atoms with Gasteiger partial charge >= 0.3 is 0 Å². The van der Waals surface area contributed by atoms with Crippen molar-refractivity contribution >= 4 is 19.9 Å². The van der Waals surface area contributed by atoms with Gasteiger partial charge in [-0.25, -0.2) is 0 Å². The van der Waals surface area contributed by atoms with Gasteiger partial charge in [0, 0.05) is 25.5 Å². The molecule has 0 unspecified atom stereocenters. The molecule has 0 amide bonds. The first-order chi connectivity index (χ1) is 14.9. The SMILES string of the molecule is CCC(CC)CC(=O)[C@H]1[C@H](CO[Si](C)(C)C(C)(C)C)C[C@H](C(C)=O)N1Cc1ccccc1. The van der Waals surface area contributed by atoms with Crippen molar-refractivity contribution < 1.29 is 14.0 Å². The van der Waals surface area contributed by atoms with Gasteiger partial charge in [0.1, 0.15) is 5.78 Å². The highest BCUT2D eigenvalue weighted by atomic mass is 28.4. The summed E-state index contributed by atoms with van der Waals surface area (Å²) in [6, 6.07) is 9.73. The average molecular weight is 460 g/mol. The number of carbonyl (C=O) groups excluding carboxylic acids is 2. The van der Waals surface area contributed by atoms with Crippen LogP contribution in [0.5, 0.6) is 0 Å². The summed E-state index contributed by atoms with van der Waals surface area (Å²) >= 11 is 0. The molecule has 0 aromatic heterocycles. The molecule has 1 aromatic rings. The zero-order valence-electron chi connectivity index (χ0n) is 21.6. The number of hydrogen-bond donors (Lipinski definition) is 0. The van der Waals surface area contributed by atoms with Crippen molar-refractivity contribution in [2.75, 3.05) is 6.61 Å². The van der Waals surface area contributed by atoms with Crippen LogP contribution in [-0.2, 0) is 20.6 Å². The monoisotopic (exact) mass is 459 g/mol. The molecule has 0 spiro atoms. The highest BCUT2D eigenvalue weighted by molar-refractivity contribution is 6.74. The summed E-state index contributed by atoms with van der Waals surface area (Å²) in [7, 11) is -1.94. The third kappa shape index (κ3) is 6.61. The van der Waals surface area contributed by atoms with Crippen molar-refractivity contribution in [2.45, 2.75) is 104 Å². The molecule has 4 nitrogen and oxygen atoms in total. The Labute approximate surface area is 197 Å².